The van der Waals surface area contributed by atoms with Gasteiger partial charge in [0.05, 0.1) is 13.2 Å². The fourth-order valence-corrected chi connectivity index (χ4v) is 5.95. The van der Waals surface area contributed by atoms with E-state index in [1.165, 1.54) is 12.7 Å². The second kappa shape index (κ2) is 11.6. The lowest BCUT2D eigenvalue weighted by Crippen LogP contribution is -2.46. The van der Waals surface area contributed by atoms with E-state index < -0.39 is 11.5 Å². The number of aromatic nitrogens is 1. The Balaban J connectivity index is 1.68. The molecule has 0 spiro atoms. The lowest BCUT2D eigenvalue weighted by molar-refractivity contribution is -0.146. The molecule has 0 amide bonds. The van der Waals surface area contributed by atoms with Crippen molar-refractivity contribution >= 4 is 22.6 Å². The van der Waals surface area contributed by atoms with Crippen molar-refractivity contribution in [1.29, 1.82) is 0 Å². The summed E-state index contributed by atoms with van der Waals surface area (Å²) < 4.78 is 7.99. The van der Waals surface area contributed by atoms with Crippen molar-refractivity contribution in [1.82, 2.24) is 4.57 Å². The summed E-state index contributed by atoms with van der Waals surface area (Å²) in [5.74, 6) is -0.330. The highest BCUT2D eigenvalue weighted by Gasteiger charge is 2.52. The number of carbonyl (C=O) groups excluding carboxylic acids is 1. The van der Waals surface area contributed by atoms with Gasteiger partial charge in [0.2, 0.25) is 0 Å². The normalized spacial score (nSPS) is 13.3. The van der Waals surface area contributed by atoms with Crippen molar-refractivity contribution in [3.63, 3.8) is 0 Å². The zero-order chi connectivity index (χ0) is 28.1. The number of ether oxygens (including phenoxy) is 1. The molecule has 1 N–H and O–H groups in total. The molecule has 4 heteroatoms. The van der Waals surface area contributed by atoms with Crippen LogP contribution in [0.2, 0.25) is 0 Å². The van der Waals surface area contributed by atoms with Crippen molar-refractivity contribution in [3.05, 3.63) is 174 Å². The van der Waals surface area contributed by atoms with E-state index in [0.29, 0.717) is 6.54 Å². The number of anilines is 1. The third kappa shape index (κ3) is 4.89. The largest absolute Gasteiger partial charge is 0.468 e. The fraction of sp³-hybridized carbons (Fsp3) is 0.108. The van der Waals surface area contributed by atoms with Crippen LogP contribution >= 0.6 is 0 Å². The Kier molecular flexibility index (Phi) is 7.38. The average Bonchev–Trinajstić information content (AvgIpc) is 3.41. The van der Waals surface area contributed by atoms with Crippen molar-refractivity contribution in [2.75, 3.05) is 12.4 Å². The van der Waals surface area contributed by atoms with E-state index in [1.807, 2.05) is 97.1 Å². The van der Waals surface area contributed by atoms with Gasteiger partial charge in [0, 0.05) is 34.9 Å². The third-order valence-electron chi connectivity index (χ3n) is 7.80. The Hall–Kier alpha value is -5.09. The van der Waals surface area contributed by atoms with Gasteiger partial charge in [-0.25, -0.2) is 0 Å². The molecule has 4 nitrogen and oxygen atoms in total. The molecule has 0 bridgehead atoms. The topological polar surface area (TPSA) is 43.3 Å². The van der Waals surface area contributed by atoms with E-state index in [0.717, 1.165) is 33.3 Å². The predicted octanol–water partition coefficient (Wildman–Crippen LogP) is 8.00. The Morgan fingerprint density at radius 2 is 1.29 bits per heavy atom. The van der Waals surface area contributed by atoms with E-state index >= 15 is 0 Å². The minimum absolute atomic E-state index is 0.330. The number of hydrogen-bond acceptors (Lipinski definition) is 3. The fourth-order valence-electron chi connectivity index (χ4n) is 5.95. The van der Waals surface area contributed by atoms with Crippen molar-refractivity contribution < 1.29 is 9.53 Å². The molecule has 0 fully saturated rings. The summed E-state index contributed by atoms with van der Waals surface area (Å²) in [6.07, 6.45) is 2.14. The number of para-hydroxylation sites is 2. The predicted molar refractivity (Wildman–Crippen MR) is 166 cm³/mol. The maximum atomic E-state index is 14.6. The maximum Gasteiger partial charge on any atom is 0.323 e. The number of esters is 1. The molecule has 2 unspecified atom stereocenters. The number of carbonyl (C=O) groups is 1. The van der Waals surface area contributed by atoms with Gasteiger partial charge in [0.25, 0.3) is 0 Å². The van der Waals surface area contributed by atoms with Gasteiger partial charge in [0.15, 0.2) is 0 Å². The molecular formula is C37H32N2O2. The van der Waals surface area contributed by atoms with Crippen molar-refractivity contribution in [3.8, 4) is 0 Å². The van der Waals surface area contributed by atoms with Crippen LogP contribution in [0.1, 0.15) is 28.3 Å². The Morgan fingerprint density at radius 1 is 0.732 bits per heavy atom. The monoisotopic (exact) mass is 536 g/mol. The zero-order valence-corrected chi connectivity index (χ0v) is 23.0. The average molecular weight is 537 g/mol. The van der Waals surface area contributed by atoms with Crippen LogP contribution in [-0.2, 0) is 21.5 Å². The van der Waals surface area contributed by atoms with Crippen LogP contribution in [0.4, 0.5) is 5.69 Å². The molecule has 6 aromatic rings. The minimum atomic E-state index is -1.23. The molecule has 0 radical (unpaired) electrons. The van der Waals surface area contributed by atoms with Gasteiger partial charge in [-0.1, -0.05) is 127 Å². The molecule has 5 aromatic carbocycles. The second-order valence-electron chi connectivity index (χ2n) is 10.2. The van der Waals surface area contributed by atoms with Crippen LogP contribution in [0.5, 0.6) is 0 Å². The van der Waals surface area contributed by atoms with Gasteiger partial charge >= 0.3 is 5.97 Å². The molecule has 6 rings (SSSR count). The molecule has 0 saturated carbocycles. The second-order valence-corrected chi connectivity index (χ2v) is 10.2. The summed E-state index contributed by atoms with van der Waals surface area (Å²) in [5.41, 5.74) is 4.65. The number of hydrogen-bond donors (Lipinski definition) is 1. The quantitative estimate of drug-likeness (QED) is 0.190. The van der Waals surface area contributed by atoms with Crippen LogP contribution in [0.25, 0.3) is 10.9 Å². The molecule has 0 saturated heterocycles. The zero-order valence-electron chi connectivity index (χ0n) is 23.0. The number of rotatable bonds is 9. The minimum Gasteiger partial charge on any atom is -0.468 e. The van der Waals surface area contributed by atoms with Crippen LogP contribution in [-0.4, -0.2) is 17.6 Å². The first-order valence-electron chi connectivity index (χ1n) is 13.8. The first kappa shape index (κ1) is 26.1. The van der Waals surface area contributed by atoms with E-state index in [1.54, 1.807) is 0 Å². The van der Waals surface area contributed by atoms with Crippen LogP contribution < -0.4 is 5.32 Å². The standard InChI is InChI=1S/C37H32N2O2/c1-41-36(40)37(30-20-10-4-11-21-30,35(29-18-8-3-9-19-29)38-31-22-12-5-13-23-31)33-27-39(26-28-16-6-2-7-17-28)34-25-15-14-24-32(33)34/h2-25,27,35,38H,26H2,1H3. The highest BCUT2D eigenvalue weighted by atomic mass is 16.5. The van der Waals surface area contributed by atoms with Crippen LogP contribution in [0.15, 0.2) is 152 Å². The van der Waals surface area contributed by atoms with Gasteiger partial charge < -0.3 is 14.6 Å². The molecule has 1 heterocycles. The lowest BCUT2D eigenvalue weighted by Gasteiger charge is -2.40. The molecule has 41 heavy (non-hydrogen) atoms. The molecule has 1 aromatic heterocycles. The van der Waals surface area contributed by atoms with E-state index in [-0.39, 0.29) is 5.97 Å². The SMILES string of the molecule is COC(=O)C(c1ccccc1)(c1cn(Cc2ccccc2)c2ccccc12)C(Nc1ccccc1)c1ccccc1. The van der Waals surface area contributed by atoms with E-state index in [4.69, 9.17) is 4.74 Å². The van der Waals surface area contributed by atoms with Gasteiger partial charge in [0.1, 0.15) is 5.41 Å². The molecule has 0 aliphatic carbocycles. The number of benzene rings is 5. The van der Waals surface area contributed by atoms with Gasteiger partial charge in [-0.2, -0.15) is 0 Å². The van der Waals surface area contributed by atoms with Crippen LogP contribution in [0, 0.1) is 0 Å². The van der Waals surface area contributed by atoms with Gasteiger partial charge in [-0.05, 0) is 34.9 Å². The Morgan fingerprint density at radius 3 is 1.95 bits per heavy atom. The van der Waals surface area contributed by atoms with Crippen molar-refractivity contribution in [2.24, 2.45) is 0 Å². The molecule has 2 atom stereocenters. The summed E-state index contributed by atoms with van der Waals surface area (Å²) in [5, 5.41) is 4.77. The van der Waals surface area contributed by atoms with Crippen molar-refractivity contribution in [2.45, 2.75) is 18.0 Å². The summed E-state index contributed by atoms with van der Waals surface area (Å²) in [7, 11) is 1.48. The Bertz CT molecular complexity index is 1730. The summed E-state index contributed by atoms with van der Waals surface area (Å²) in [6.45, 7) is 0.676. The van der Waals surface area contributed by atoms with Gasteiger partial charge in [-0.3, -0.25) is 4.79 Å². The molecule has 0 aliphatic heterocycles. The highest BCUT2D eigenvalue weighted by molar-refractivity contribution is 5.97. The first-order chi connectivity index (χ1) is 20.2. The van der Waals surface area contributed by atoms with E-state index in [9.17, 15) is 4.79 Å². The third-order valence-corrected chi connectivity index (χ3v) is 7.80. The highest BCUT2D eigenvalue weighted by Crippen LogP contribution is 2.49. The van der Waals surface area contributed by atoms with Crippen LogP contribution in [0.3, 0.4) is 0 Å². The molecule has 202 valence electrons. The molecular weight excluding hydrogens is 504 g/mol. The maximum absolute atomic E-state index is 14.6. The first-order valence-corrected chi connectivity index (χ1v) is 13.8. The summed E-state index contributed by atoms with van der Waals surface area (Å²) in [4.78, 5) is 14.6. The lowest BCUT2D eigenvalue weighted by atomic mass is 9.66. The summed E-state index contributed by atoms with van der Waals surface area (Å²) in [6, 6.07) is 48.5. The Labute approximate surface area is 240 Å². The molecule has 0 aliphatic rings. The number of nitrogens with one attached hydrogen (secondary N) is 1. The number of methoxy groups -OCH3 is 1. The number of fused-ring (bicyclic) bond motifs is 1. The van der Waals surface area contributed by atoms with E-state index in [2.05, 4.69) is 64.6 Å². The smallest absolute Gasteiger partial charge is 0.323 e. The summed E-state index contributed by atoms with van der Waals surface area (Å²) >= 11 is 0. The van der Waals surface area contributed by atoms with Gasteiger partial charge in [-0.15, -0.1) is 0 Å². The number of nitrogens with zero attached hydrogens (tertiary/aromatic N) is 1.